The summed E-state index contributed by atoms with van der Waals surface area (Å²) in [5.74, 6) is -0.544. The maximum atomic E-state index is 14.0. The van der Waals surface area contributed by atoms with Gasteiger partial charge in [-0.3, -0.25) is 4.79 Å². The average molecular weight is 401 g/mol. The maximum absolute atomic E-state index is 14.0. The van der Waals surface area contributed by atoms with Gasteiger partial charge in [0.05, 0.1) is 5.76 Å². The number of aromatic nitrogens is 1. The van der Waals surface area contributed by atoms with Crippen molar-refractivity contribution in [1.82, 2.24) is 4.98 Å². The van der Waals surface area contributed by atoms with Crippen molar-refractivity contribution in [3.05, 3.63) is 66.1 Å². The van der Waals surface area contributed by atoms with Crippen LogP contribution in [0, 0.1) is 6.07 Å². The Morgan fingerprint density at radius 2 is 2.13 bits per heavy atom. The van der Waals surface area contributed by atoms with E-state index in [9.17, 15) is 14.3 Å². The van der Waals surface area contributed by atoms with Gasteiger partial charge in [0.15, 0.2) is 5.78 Å². The molecule has 1 aromatic heterocycles. The van der Waals surface area contributed by atoms with Crippen molar-refractivity contribution in [2.45, 2.75) is 25.9 Å². The van der Waals surface area contributed by atoms with E-state index >= 15 is 0 Å². The van der Waals surface area contributed by atoms with Crippen LogP contribution in [0.25, 0.3) is 11.3 Å². The molecule has 0 aliphatic rings. The number of carbonyl (C=O) groups excluding carboxylic acids is 1. The van der Waals surface area contributed by atoms with Gasteiger partial charge in [-0.15, -0.1) is 35.9 Å². The number of allylic oxidation sites excluding steroid dienone is 2. The van der Waals surface area contributed by atoms with E-state index in [0.717, 1.165) is 17.3 Å². The van der Waals surface area contributed by atoms with Crippen LogP contribution in [-0.2, 0) is 30.7 Å². The van der Waals surface area contributed by atoms with E-state index in [1.807, 2.05) is 30.3 Å². The topological polar surface area (TPSA) is 50.2 Å². The van der Waals surface area contributed by atoms with Crippen LogP contribution in [0.15, 0.2) is 54.3 Å². The summed E-state index contributed by atoms with van der Waals surface area (Å²) in [5, 5.41) is 9.48. The second kappa shape index (κ2) is 9.31. The number of pyridine rings is 1. The Morgan fingerprint density at radius 1 is 1.35 bits per heavy atom. The third-order valence-corrected chi connectivity index (χ3v) is 3.02. The van der Waals surface area contributed by atoms with E-state index in [1.54, 1.807) is 12.1 Å². The normalized spacial score (nSPS) is 12.3. The fraction of sp³-hybridized carbons (Fsp3) is 0.222. The van der Waals surface area contributed by atoms with E-state index in [-0.39, 0.29) is 43.9 Å². The Morgan fingerprint density at radius 3 is 2.78 bits per heavy atom. The average Bonchev–Trinajstić information content (AvgIpc) is 2.47. The monoisotopic (exact) mass is 401 g/mol. The minimum Gasteiger partial charge on any atom is -0.512 e. The Kier molecular flexibility index (Phi) is 7.77. The van der Waals surface area contributed by atoms with Crippen molar-refractivity contribution >= 4 is 5.78 Å². The van der Waals surface area contributed by atoms with Crippen molar-refractivity contribution in [3.8, 4) is 11.3 Å². The molecule has 1 unspecified atom stereocenters. The molecular formula is C18H17FNO2Rh-. The SMILES string of the molecule is CC(=O)/C=C(\O)CC(F)Cc1cccc(-c2[c-]cccc2)n1.[Rh]. The van der Waals surface area contributed by atoms with Crippen LogP contribution in [0.3, 0.4) is 0 Å². The quantitative estimate of drug-likeness (QED) is 0.346. The molecule has 0 bridgehead atoms. The van der Waals surface area contributed by atoms with Crippen LogP contribution >= 0.6 is 0 Å². The number of alkyl halides is 1. The number of aliphatic hydroxyl groups is 1. The van der Waals surface area contributed by atoms with Crippen molar-refractivity contribution in [2.24, 2.45) is 0 Å². The van der Waals surface area contributed by atoms with Crippen molar-refractivity contribution in [1.29, 1.82) is 0 Å². The fourth-order valence-electron chi connectivity index (χ4n) is 2.12. The van der Waals surface area contributed by atoms with E-state index in [0.29, 0.717) is 5.69 Å². The van der Waals surface area contributed by atoms with Crippen LogP contribution < -0.4 is 0 Å². The molecule has 3 nitrogen and oxygen atoms in total. The standard InChI is InChI=1S/C18H17FNO2.Rh/c1-13(21)10-17(22)12-15(19)11-16-8-5-9-18(20-16)14-6-3-2-4-7-14;/h2-6,8-10,15,22H,11-12H2,1H3;/q-1;/b17-10-;. The number of nitrogens with zero attached hydrogens (tertiary/aromatic N) is 1. The largest absolute Gasteiger partial charge is 0.512 e. The second-order valence-corrected chi connectivity index (χ2v) is 5.04. The van der Waals surface area contributed by atoms with Crippen LogP contribution in [-0.4, -0.2) is 22.0 Å². The first-order valence-corrected chi connectivity index (χ1v) is 7.02. The van der Waals surface area contributed by atoms with E-state index in [2.05, 4.69) is 11.1 Å². The van der Waals surface area contributed by atoms with E-state index < -0.39 is 6.17 Å². The molecule has 1 atom stereocenters. The molecule has 0 spiro atoms. The van der Waals surface area contributed by atoms with Crippen LogP contribution in [0.1, 0.15) is 19.0 Å². The van der Waals surface area contributed by atoms with E-state index in [4.69, 9.17) is 0 Å². The number of ketones is 1. The molecular weight excluding hydrogens is 384 g/mol. The molecule has 1 radical (unpaired) electrons. The molecule has 23 heavy (non-hydrogen) atoms. The Labute approximate surface area is 148 Å². The van der Waals surface area contributed by atoms with Crippen LogP contribution in [0.5, 0.6) is 0 Å². The molecule has 2 rings (SSSR count). The molecule has 0 aliphatic heterocycles. The zero-order valence-corrected chi connectivity index (χ0v) is 14.3. The summed E-state index contributed by atoms with van der Waals surface area (Å²) in [4.78, 5) is 15.2. The van der Waals surface area contributed by atoms with Gasteiger partial charge >= 0.3 is 0 Å². The number of halogens is 1. The van der Waals surface area contributed by atoms with E-state index in [1.165, 1.54) is 6.92 Å². The van der Waals surface area contributed by atoms with Crippen molar-refractivity contribution in [2.75, 3.05) is 0 Å². The zero-order chi connectivity index (χ0) is 15.9. The Hall–Kier alpha value is -1.87. The fourth-order valence-corrected chi connectivity index (χ4v) is 2.12. The Bertz CT molecular complexity index is 674. The number of benzene rings is 1. The predicted octanol–water partition coefficient (Wildman–Crippen LogP) is 3.85. The Balaban J connectivity index is 0.00000264. The number of rotatable bonds is 6. The predicted molar refractivity (Wildman–Crippen MR) is 83.1 cm³/mol. The molecule has 2 aromatic rings. The van der Waals surface area contributed by atoms with Gasteiger partial charge in [0.1, 0.15) is 6.17 Å². The summed E-state index contributed by atoms with van der Waals surface area (Å²) in [7, 11) is 0. The molecule has 0 fully saturated rings. The van der Waals surface area contributed by atoms with Gasteiger partial charge < -0.3 is 10.1 Å². The number of aliphatic hydroxyl groups excluding tert-OH is 1. The summed E-state index contributed by atoms with van der Waals surface area (Å²) in [5.41, 5.74) is 2.17. The summed E-state index contributed by atoms with van der Waals surface area (Å²) in [6, 6.07) is 15.9. The van der Waals surface area contributed by atoms with Gasteiger partial charge in [0, 0.05) is 44.1 Å². The van der Waals surface area contributed by atoms with Crippen LogP contribution in [0.4, 0.5) is 4.39 Å². The third kappa shape index (κ3) is 6.41. The summed E-state index contributed by atoms with van der Waals surface area (Å²) >= 11 is 0. The number of hydrogen-bond donors (Lipinski definition) is 1. The van der Waals surface area contributed by atoms with Gasteiger partial charge in [-0.1, -0.05) is 12.1 Å². The zero-order valence-electron chi connectivity index (χ0n) is 12.6. The third-order valence-electron chi connectivity index (χ3n) is 3.02. The van der Waals surface area contributed by atoms with Gasteiger partial charge in [-0.2, -0.15) is 0 Å². The van der Waals surface area contributed by atoms with Gasteiger partial charge in [0.2, 0.25) is 0 Å². The van der Waals surface area contributed by atoms with Gasteiger partial charge in [-0.25, -0.2) is 4.39 Å². The molecule has 0 saturated carbocycles. The summed E-state index contributed by atoms with van der Waals surface area (Å²) < 4.78 is 14.0. The summed E-state index contributed by atoms with van der Waals surface area (Å²) in [6.45, 7) is 1.31. The molecule has 0 saturated heterocycles. The van der Waals surface area contributed by atoms with Crippen molar-refractivity contribution < 1.29 is 33.8 Å². The molecule has 1 aromatic carbocycles. The molecule has 1 heterocycles. The minimum atomic E-state index is -1.29. The molecule has 1 N–H and O–H groups in total. The van der Waals surface area contributed by atoms with Crippen molar-refractivity contribution in [3.63, 3.8) is 0 Å². The minimum absolute atomic E-state index is 0. The molecule has 0 aliphatic carbocycles. The first-order chi connectivity index (χ1) is 10.5. The molecule has 123 valence electrons. The molecule has 0 amide bonds. The smallest absolute Gasteiger partial charge is 0.155 e. The second-order valence-electron chi connectivity index (χ2n) is 5.04. The first kappa shape index (κ1) is 19.2. The molecule has 5 heteroatoms. The van der Waals surface area contributed by atoms with Gasteiger partial charge in [0.25, 0.3) is 0 Å². The maximum Gasteiger partial charge on any atom is 0.155 e. The summed E-state index contributed by atoms with van der Waals surface area (Å²) in [6.07, 6.45) is -0.368. The van der Waals surface area contributed by atoms with Gasteiger partial charge in [-0.05, 0) is 18.7 Å². The number of hydrogen-bond acceptors (Lipinski definition) is 3. The number of carbonyl (C=O) groups is 1. The first-order valence-electron chi connectivity index (χ1n) is 7.02. The van der Waals surface area contributed by atoms with Crippen LogP contribution in [0.2, 0.25) is 0 Å².